The molecule has 0 unspecified atom stereocenters. The Bertz CT molecular complexity index is 962. The lowest BCUT2D eigenvalue weighted by atomic mass is 10.1. The van der Waals surface area contributed by atoms with Gasteiger partial charge in [0.2, 0.25) is 0 Å². The highest BCUT2D eigenvalue weighted by Gasteiger charge is 2.19. The summed E-state index contributed by atoms with van der Waals surface area (Å²) in [7, 11) is -6.98. The molecule has 0 spiro atoms. The summed E-state index contributed by atoms with van der Waals surface area (Å²) in [6.45, 7) is 1.57. The predicted octanol–water partition coefficient (Wildman–Crippen LogP) is 2.77. The molecule has 0 heterocycles. The lowest BCUT2D eigenvalue weighted by Crippen LogP contribution is -2.13. The van der Waals surface area contributed by atoms with Gasteiger partial charge in [0.25, 0.3) is 10.0 Å². The van der Waals surface area contributed by atoms with Gasteiger partial charge in [-0.2, -0.15) is 0 Å². The molecule has 0 saturated carbocycles. The van der Waals surface area contributed by atoms with Gasteiger partial charge in [0, 0.05) is 5.69 Å². The van der Waals surface area contributed by atoms with Gasteiger partial charge < -0.3 is 0 Å². The van der Waals surface area contributed by atoms with E-state index in [4.69, 9.17) is 0 Å². The van der Waals surface area contributed by atoms with Crippen LogP contribution in [0.2, 0.25) is 0 Å². The molecule has 24 heavy (non-hydrogen) atoms. The number of sulfonamides is 1. The minimum Gasteiger partial charge on any atom is -0.280 e. The number of sulfone groups is 1. The van der Waals surface area contributed by atoms with Gasteiger partial charge >= 0.3 is 0 Å². The molecule has 0 saturated heterocycles. The Morgan fingerprint density at radius 2 is 1.50 bits per heavy atom. The summed E-state index contributed by atoms with van der Waals surface area (Å²) in [5, 5.41) is 0. The first-order valence-electron chi connectivity index (χ1n) is 7.79. The molecule has 128 valence electrons. The van der Waals surface area contributed by atoms with Crippen molar-refractivity contribution in [2.75, 3.05) is 10.5 Å². The minimum absolute atomic E-state index is 0.00714. The van der Waals surface area contributed by atoms with Crippen molar-refractivity contribution in [2.24, 2.45) is 0 Å². The maximum Gasteiger partial charge on any atom is 0.261 e. The van der Waals surface area contributed by atoms with E-state index in [0.717, 1.165) is 24.8 Å². The Labute approximate surface area is 142 Å². The van der Waals surface area contributed by atoms with Gasteiger partial charge in [-0.25, -0.2) is 16.8 Å². The summed E-state index contributed by atoms with van der Waals surface area (Å²) < 4.78 is 51.1. The van der Waals surface area contributed by atoms with E-state index < -0.39 is 19.9 Å². The SMILES string of the molecule is CCS(=O)(=O)c1ccc(NS(=O)(=O)c2ccc3c(c2)CCC3)cc1. The van der Waals surface area contributed by atoms with Crippen molar-refractivity contribution in [2.45, 2.75) is 36.0 Å². The molecular formula is C17H19NO4S2. The van der Waals surface area contributed by atoms with Gasteiger partial charge in [-0.1, -0.05) is 13.0 Å². The molecule has 0 radical (unpaired) electrons. The summed E-state index contributed by atoms with van der Waals surface area (Å²) in [5.74, 6) is 0.00714. The Morgan fingerprint density at radius 3 is 2.17 bits per heavy atom. The lowest BCUT2D eigenvalue weighted by molar-refractivity contribution is 0.597. The molecular weight excluding hydrogens is 346 g/mol. The van der Waals surface area contributed by atoms with Crippen LogP contribution in [-0.2, 0) is 32.7 Å². The van der Waals surface area contributed by atoms with Crippen molar-refractivity contribution in [1.82, 2.24) is 0 Å². The number of benzene rings is 2. The van der Waals surface area contributed by atoms with E-state index in [1.165, 1.54) is 29.8 Å². The van der Waals surface area contributed by atoms with Crippen LogP contribution in [0.15, 0.2) is 52.3 Å². The highest BCUT2D eigenvalue weighted by atomic mass is 32.2. The maximum absolute atomic E-state index is 12.5. The van der Waals surface area contributed by atoms with Crippen LogP contribution in [0.3, 0.4) is 0 Å². The molecule has 0 fully saturated rings. The smallest absolute Gasteiger partial charge is 0.261 e. The van der Waals surface area contributed by atoms with Crippen LogP contribution in [0, 0.1) is 0 Å². The van der Waals surface area contributed by atoms with Crippen molar-refractivity contribution < 1.29 is 16.8 Å². The van der Waals surface area contributed by atoms with Crippen LogP contribution >= 0.6 is 0 Å². The zero-order chi connectivity index (χ0) is 17.4. The molecule has 5 nitrogen and oxygen atoms in total. The normalized spacial score (nSPS) is 14.4. The molecule has 0 aliphatic heterocycles. The monoisotopic (exact) mass is 365 g/mol. The summed E-state index contributed by atoms with van der Waals surface area (Å²) in [6.07, 6.45) is 2.96. The second-order valence-electron chi connectivity index (χ2n) is 5.82. The van der Waals surface area contributed by atoms with Crippen LogP contribution in [0.5, 0.6) is 0 Å². The zero-order valence-corrected chi connectivity index (χ0v) is 15.0. The fraction of sp³-hybridized carbons (Fsp3) is 0.294. The summed E-state index contributed by atoms with van der Waals surface area (Å²) in [5.41, 5.74) is 2.64. The Balaban J connectivity index is 1.85. The molecule has 0 atom stereocenters. The van der Waals surface area contributed by atoms with Crippen molar-refractivity contribution in [3.8, 4) is 0 Å². The Kier molecular flexibility index (Phi) is 4.40. The molecule has 0 bridgehead atoms. The van der Waals surface area contributed by atoms with Gasteiger partial charge in [0.15, 0.2) is 9.84 Å². The third-order valence-corrected chi connectivity index (χ3v) is 7.36. The van der Waals surface area contributed by atoms with Gasteiger partial charge in [-0.05, 0) is 66.8 Å². The van der Waals surface area contributed by atoms with Crippen LogP contribution in [0.1, 0.15) is 24.5 Å². The molecule has 1 N–H and O–H groups in total. The van der Waals surface area contributed by atoms with E-state index in [1.807, 2.05) is 6.07 Å². The average Bonchev–Trinajstić information content (AvgIpc) is 3.02. The van der Waals surface area contributed by atoms with E-state index in [2.05, 4.69) is 4.72 Å². The van der Waals surface area contributed by atoms with Crippen LogP contribution < -0.4 is 4.72 Å². The topological polar surface area (TPSA) is 80.3 Å². The lowest BCUT2D eigenvalue weighted by Gasteiger charge is -2.10. The van der Waals surface area contributed by atoms with Gasteiger partial charge in [-0.15, -0.1) is 0 Å². The first-order chi connectivity index (χ1) is 11.3. The Morgan fingerprint density at radius 1 is 0.875 bits per heavy atom. The van der Waals surface area contributed by atoms with Crippen LogP contribution in [-0.4, -0.2) is 22.6 Å². The molecule has 1 aliphatic rings. The number of aryl methyl sites for hydroxylation is 2. The third-order valence-electron chi connectivity index (χ3n) is 4.23. The number of hydrogen-bond acceptors (Lipinski definition) is 4. The minimum atomic E-state index is -3.69. The number of rotatable bonds is 5. The van der Waals surface area contributed by atoms with Crippen molar-refractivity contribution >= 4 is 25.5 Å². The maximum atomic E-state index is 12.5. The molecule has 0 amide bonds. The first-order valence-corrected chi connectivity index (χ1v) is 10.9. The average molecular weight is 365 g/mol. The largest absolute Gasteiger partial charge is 0.280 e. The number of nitrogens with one attached hydrogen (secondary N) is 1. The zero-order valence-electron chi connectivity index (χ0n) is 13.3. The van der Waals surface area contributed by atoms with Gasteiger partial charge in [0.05, 0.1) is 15.5 Å². The van der Waals surface area contributed by atoms with Gasteiger partial charge in [-0.3, -0.25) is 4.72 Å². The standard InChI is InChI=1S/C17H19NO4S2/c1-2-23(19,20)16-10-7-15(8-11-16)18-24(21,22)17-9-6-13-4-3-5-14(13)12-17/h6-12,18H,2-5H2,1H3. The molecule has 2 aromatic rings. The van der Waals surface area contributed by atoms with Crippen molar-refractivity contribution in [1.29, 1.82) is 0 Å². The van der Waals surface area contributed by atoms with Crippen molar-refractivity contribution in [3.05, 3.63) is 53.6 Å². The quantitative estimate of drug-likeness (QED) is 0.883. The number of anilines is 1. The number of fused-ring (bicyclic) bond motifs is 1. The summed E-state index contributed by atoms with van der Waals surface area (Å²) in [6, 6.07) is 11.0. The second kappa shape index (κ2) is 6.22. The highest BCUT2D eigenvalue weighted by molar-refractivity contribution is 7.92. The molecule has 2 aromatic carbocycles. The molecule has 1 aliphatic carbocycles. The highest BCUT2D eigenvalue weighted by Crippen LogP contribution is 2.26. The van der Waals surface area contributed by atoms with E-state index in [1.54, 1.807) is 19.1 Å². The molecule has 7 heteroatoms. The number of hydrogen-bond donors (Lipinski definition) is 1. The van der Waals surface area contributed by atoms with Gasteiger partial charge in [0.1, 0.15) is 0 Å². The molecule has 0 aromatic heterocycles. The second-order valence-corrected chi connectivity index (χ2v) is 9.78. The van der Waals surface area contributed by atoms with E-state index in [-0.39, 0.29) is 15.5 Å². The fourth-order valence-electron chi connectivity index (χ4n) is 2.83. The van der Waals surface area contributed by atoms with E-state index >= 15 is 0 Å². The van der Waals surface area contributed by atoms with Crippen LogP contribution in [0.25, 0.3) is 0 Å². The van der Waals surface area contributed by atoms with Crippen molar-refractivity contribution in [3.63, 3.8) is 0 Å². The predicted molar refractivity (Wildman–Crippen MR) is 93.4 cm³/mol. The fourth-order valence-corrected chi connectivity index (χ4v) is 4.82. The van der Waals surface area contributed by atoms with E-state index in [9.17, 15) is 16.8 Å². The first kappa shape index (κ1) is 17.0. The third kappa shape index (κ3) is 3.32. The summed E-state index contributed by atoms with van der Waals surface area (Å²) in [4.78, 5) is 0.416. The van der Waals surface area contributed by atoms with E-state index in [0.29, 0.717) is 5.69 Å². The molecule has 3 rings (SSSR count). The Hall–Kier alpha value is -1.86. The van der Waals surface area contributed by atoms with Crippen LogP contribution in [0.4, 0.5) is 5.69 Å². The summed E-state index contributed by atoms with van der Waals surface area (Å²) >= 11 is 0.